The van der Waals surface area contributed by atoms with Crippen LogP contribution in [0.25, 0.3) is 0 Å². The van der Waals surface area contributed by atoms with Crippen LogP contribution in [0.2, 0.25) is 0 Å². The quantitative estimate of drug-likeness (QED) is 0.0187. The summed E-state index contributed by atoms with van der Waals surface area (Å²) in [5.41, 5.74) is -2.55. The average Bonchev–Trinajstić information content (AvgIpc) is 0.977. The van der Waals surface area contributed by atoms with Crippen molar-refractivity contribution in [1.82, 2.24) is 31.9 Å². The van der Waals surface area contributed by atoms with Gasteiger partial charge in [-0.25, -0.2) is 19.2 Å². The molecule has 0 heterocycles. The minimum Gasteiger partial charge on any atom is -0.467 e. The fourth-order valence-electron chi connectivity index (χ4n) is 10.0. The van der Waals surface area contributed by atoms with E-state index >= 15 is 0 Å². The number of nitrogens with one attached hydrogen (secondary N) is 6. The average molecular weight is 1340 g/mol. The van der Waals surface area contributed by atoms with E-state index in [1.807, 2.05) is 0 Å². The summed E-state index contributed by atoms with van der Waals surface area (Å²) >= 11 is 1.22. The molecule has 0 saturated heterocycles. The van der Waals surface area contributed by atoms with Gasteiger partial charge in [0.05, 0.1) is 13.7 Å². The van der Waals surface area contributed by atoms with Gasteiger partial charge in [0.2, 0.25) is 17.7 Å². The maximum absolute atomic E-state index is 14.3. The Morgan fingerprint density at radius 2 is 0.860 bits per heavy atom. The highest BCUT2D eigenvalue weighted by Crippen LogP contribution is 2.21. The summed E-state index contributed by atoms with van der Waals surface area (Å²) in [6.45, 7) is 11.7. The monoisotopic (exact) mass is 1340 g/mol. The number of hydrogen-bond donors (Lipinski definition) is 6. The van der Waals surface area contributed by atoms with Crippen LogP contribution < -0.4 is 31.9 Å². The van der Waals surface area contributed by atoms with Crippen LogP contribution in [0.4, 0.5) is 14.4 Å². The third-order valence-electron chi connectivity index (χ3n) is 15.4. The van der Waals surface area contributed by atoms with E-state index in [0.29, 0.717) is 13.1 Å². The molecule has 0 fully saturated rings. The smallest absolute Gasteiger partial charge is 0.408 e. The van der Waals surface area contributed by atoms with Crippen molar-refractivity contribution >= 4 is 71.6 Å². The minimum atomic E-state index is -1.73. The Morgan fingerprint density at radius 3 is 1.28 bits per heavy atom. The van der Waals surface area contributed by atoms with Gasteiger partial charge in [-0.1, -0.05) is 194 Å². The normalized spacial score (nSPS) is 12.3. The van der Waals surface area contributed by atoms with Crippen LogP contribution in [-0.4, -0.2) is 154 Å². The van der Waals surface area contributed by atoms with Gasteiger partial charge in [-0.05, 0) is 52.9 Å². The summed E-state index contributed by atoms with van der Waals surface area (Å²) in [6, 6.07) is -1.05. The molecular weight excluding hydrogens is 1220 g/mol. The van der Waals surface area contributed by atoms with Crippen molar-refractivity contribution in [3.63, 3.8) is 0 Å². The number of carbonyl (C=O) groups excluding carboxylic acids is 10. The molecule has 540 valence electrons. The lowest BCUT2D eigenvalue weighted by Gasteiger charge is -2.34. The number of hydrogen-bond acceptors (Lipinski definition) is 18. The summed E-state index contributed by atoms with van der Waals surface area (Å²) in [4.78, 5) is 128. The van der Waals surface area contributed by atoms with Crippen LogP contribution >= 0.6 is 11.8 Å². The highest BCUT2D eigenvalue weighted by atomic mass is 32.2. The second-order valence-corrected chi connectivity index (χ2v) is 26.7. The Hall–Kier alpha value is -5.55. The van der Waals surface area contributed by atoms with Crippen LogP contribution in [0.15, 0.2) is 0 Å². The minimum absolute atomic E-state index is 0.0415. The van der Waals surface area contributed by atoms with Gasteiger partial charge in [-0.15, -0.1) is 0 Å². The second kappa shape index (κ2) is 57.9. The summed E-state index contributed by atoms with van der Waals surface area (Å²) < 4.78 is 37.0. The van der Waals surface area contributed by atoms with E-state index in [4.69, 9.17) is 33.2 Å². The van der Waals surface area contributed by atoms with E-state index in [1.54, 1.807) is 20.8 Å². The number of methoxy groups -OCH3 is 1. The van der Waals surface area contributed by atoms with Crippen LogP contribution in [-0.2, 0) is 66.7 Å². The van der Waals surface area contributed by atoms with Crippen molar-refractivity contribution in [2.45, 2.75) is 303 Å². The van der Waals surface area contributed by atoms with Crippen LogP contribution in [0.5, 0.6) is 0 Å². The molecule has 6 N–H and O–H groups in total. The zero-order valence-electron chi connectivity index (χ0n) is 58.9. The first kappa shape index (κ1) is 87.5. The summed E-state index contributed by atoms with van der Waals surface area (Å²) in [6.07, 6.45) is 33.6. The Balaban J connectivity index is 5.77. The van der Waals surface area contributed by atoms with Crippen molar-refractivity contribution in [3.05, 3.63) is 0 Å². The van der Waals surface area contributed by atoms with Gasteiger partial charge >= 0.3 is 42.2 Å². The summed E-state index contributed by atoms with van der Waals surface area (Å²) in [7, 11) is 1.18. The van der Waals surface area contributed by atoms with Gasteiger partial charge in [0.1, 0.15) is 43.6 Å². The number of esters is 4. The Kier molecular flexibility index (Phi) is 54.4. The molecule has 24 heteroatoms. The molecule has 0 aromatic rings. The molecule has 3 atom stereocenters. The zero-order chi connectivity index (χ0) is 69.2. The predicted octanol–water partition coefficient (Wildman–Crippen LogP) is 12.7. The van der Waals surface area contributed by atoms with E-state index in [1.165, 1.54) is 160 Å². The zero-order valence-corrected chi connectivity index (χ0v) is 59.7. The lowest BCUT2D eigenvalue weighted by molar-refractivity contribution is -0.157. The fourth-order valence-corrected chi connectivity index (χ4v) is 11.1. The number of ether oxygens (including phenoxy) is 7. The maximum Gasteiger partial charge on any atom is 0.408 e. The molecular formula is C69H126N6O17S. The molecule has 0 spiro atoms. The molecule has 0 aliphatic heterocycles. The van der Waals surface area contributed by atoms with Gasteiger partial charge in [-0.3, -0.25) is 28.8 Å². The van der Waals surface area contributed by atoms with Crippen molar-refractivity contribution in [2.24, 2.45) is 5.92 Å². The molecule has 3 unspecified atom stereocenters. The number of carbonyl (C=O) groups is 10. The lowest BCUT2D eigenvalue weighted by atomic mass is 9.98. The number of rotatable bonds is 59. The lowest BCUT2D eigenvalue weighted by Crippen LogP contribution is -2.60. The maximum atomic E-state index is 14.3. The third kappa shape index (κ3) is 55.4. The first-order valence-corrected chi connectivity index (χ1v) is 36.5. The Morgan fingerprint density at radius 1 is 0.452 bits per heavy atom. The van der Waals surface area contributed by atoms with E-state index in [-0.39, 0.29) is 63.3 Å². The molecule has 0 aliphatic carbocycles. The van der Waals surface area contributed by atoms with Gasteiger partial charge in [-0.2, -0.15) is 11.8 Å². The number of thioether (sulfide) groups is 1. The molecule has 0 saturated carbocycles. The van der Waals surface area contributed by atoms with Crippen molar-refractivity contribution < 1.29 is 81.1 Å². The van der Waals surface area contributed by atoms with Crippen LogP contribution in [0.3, 0.4) is 0 Å². The SMILES string of the molecule is CCCCCCCCCCCCCCCCCNC(=O)OCC(CNC(=O)CCSCC(CCC(=O)NCCCC(NC(=O)OC(C)(C)C)C(=O)OC)C(=O)NC(COC(C)=O)(COC(C)=O)COC(C)=O)OC(=O)NCCCCCCCCCCCCCCCCC. The van der Waals surface area contributed by atoms with Gasteiger partial charge in [0, 0.05) is 70.7 Å². The summed E-state index contributed by atoms with van der Waals surface area (Å²) in [5.74, 6) is -5.15. The molecule has 0 bridgehead atoms. The molecule has 0 aromatic carbocycles. The van der Waals surface area contributed by atoms with Crippen LogP contribution in [0, 0.1) is 5.92 Å². The molecule has 0 aromatic heterocycles. The number of alkyl carbamates (subject to hydrolysis) is 3. The summed E-state index contributed by atoms with van der Waals surface area (Å²) in [5, 5.41) is 16.3. The standard InChI is InChI=1S/C69H126N6O17S/c1-10-12-14-16-18-20-22-24-26-28-30-32-34-36-38-45-71-65(83)87-50-59(91-66(84)72-46-39-37-35-33-31-29-27-25-23-21-19-17-15-13-11-2)49-73-62(80)44-48-93-51-58(63(81)75-69(52-88-55(3)76,53-89-56(4)77)54-90-57(5)78)42-43-61(79)70-47-40-41-60(64(82)86-9)74-67(85)92-68(6,7)8/h58-60H,10-54H2,1-9H3,(H,70,79)(H,71,83)(H,72,84)(H,73,80)(H,74,85)(H,75,81). The van der Waals surface area contributed by atoms with E-state index in [2.05, 4.69) is 45.7 Å². The highest BCUT2D eigenvalue weighted by molar-refractivity contribution is 7.99. The van der Waals surface area contributed by atoms with Crippen molar-refractivity contribution in [1.29, 1.82) is 0 Å². The largest absolute Gasteiger partial charge is 0.467 e. The molecule has 93 heavy (non-hydrogen) atoms. The van der Waals surface area contributed by atoms with E-state index < -0.39 is 109 Å². The molecule has 0 rings (SSSR count). The van der Waals surface area contributed by atoms with Gasteiger partial charge < -0.3 is 65.1 Å². The molecule has 6 amide bonds. The number of unbranched alkanes of at least 4 members (excludes halogenated alkanes) is 28. The predicted molar refractivity (Wildman–Crippen MR) is 363 cm³/mol. The van der Waals surface area contributed by atoms with Crippen LogP contribution in [0.1, 0.15) is 280 Å². The first-order chi connectivity index (χ1) is 44.5. The molecule has 0 radical (unpaired) electrons. The van der Waals surface area contributed by atoms with E-state index in [9.17, 15) is 47.9 Å². The third-order valence-corrected chi connectivity index (χ3v) is 16.5. The van der Waals surface area contributed by atoms with Crippen molar-refractivity contribution in [3.8, 4) is 0 Å². The topological polar surface area (TPSA) is 307 Å². The Labute approximate surface area is 562 Å². The highest BCUT2D eigenvalue weighted by Gasteiger charge is 2.39. The second-order valence-electron chi connectivity index (χ2n) is 25.6. The molecule has 23 nitrogen and oxygen atoms in total. The van der Waals surface area contributed by atoms with Crippen molar-refractivity contribution in [2.75, 3.05) is 71.2 Å². The Bertz CT molecular complexity index is 2000. The first-order valence-electron chi connectivity index (χ1n) is 35.3. The number of amides is 6. The van der Waals surface area contributed by atoms with Gasteiger partial charge in [0.15, 0.2) is 6.10 Å². The fraction of sp³-hybridized carbons (Fsp3) is 0.855. The molecule has 0 aliphatic rings. The van der Waals surface area contributed by atoms with Gasteiger partial charge in [0.25, 0.3) is 0 Å². The van der Waals surface area contributed by atoms with E-state index in [0.717, 1.165) is 72.1 Å².